The van der Waals surface area contributed by atoms with Gasteiger partial charge in [-0.3, -0.25) is 0 Å². The van der Waals surface area contributed by atoms with Gasteiger partial charge in [0.2, 0.25) is 0 Å². The fourth-order valence-corrected chi connectivity index (χ4v) is 4.60. The summed E-state index contributed by atoms with van der Waals surface area (Å²) in [6, 6.07) is 21.8. The average molecular weight is 477 g/mol. The van der Waals surface area contributed by atoms with Crippen molar-refractivity contribution in [1.29, 1.82) is 0 Å². The molecule has 0 aliphatic heterocycles. The number of rotatable bonds is 6. The average Bonchev–Trinajstić information content (AvgIpc) is 2.78. The minimum absolute atomic E-state index is 0.0995. The molecule has 3 N–H and O–H groups in total. The summed E-state index contributed by atoms with van der Waals surface area (Å²) < 4.78 is 31.4. The number of aryl methyl sites for hydroxylation is 1. The number of hydrogen-bond donors (Lipinski definition) is 3. The Kier molecular flexibility index (Phi) is 6.20. The van der Waals surface area contributed by atoms with E-state index in [1.807, 2.05) is 13.0 Å². The van der Waals surface area contributed by atoms with Crippen molar-refractivity contribution in [3.63, 3.8) is 0 Å². The molecule has 0 aromatic heterocycles. The maximum Gasteiger partial charge on any atom is 0.339 e. The fourth-order valence-electron chi connectivity index (χ4n) is 3.44. The monoisotopic (exact) mass is 476 g/mol. The van der Waals surface area contributed by atoms with Crippen LogP contribution in [0.2, 0.25) is 0 Å². The molecule has 0 radical (unpaired) electrons. The minimum Gasteiger partial charge on any atom is -0.478 e. The van der Waals surface area contributed by atoms with Crippen LogP contribution in [0.5, 0.6) is 5.75 Å². The Morgan fingerprint density at radius 2 is 1.50 bits per heavy atom. The van der Waals surface area contributed by atoms with Crippen LogP contribution in [0.3, 0.4) is 0 Å². The lowest BCUT2D eigenvalue weighted by atomic mass is 10.1. The van der Waals surface area contributed by atoms with Crippen LogP contribution >= 0.6 is 0 Å². The molecule has 2 amide bonds. The van der Waals surface area contributed by atoms with Gasteiger partial charge in [0.25, 0.3) is 0 Å². The van der Waals surface area contributed by atoms with Gasteiger partial charge in [-0.1, -0.05) is 48.5 Å². The van der Waals surface area contributed by atoms with E-state index in [1.165, 1.54) is 18.2 Å². The summed E-state index contributed by atoms with van der Waals surface area (Å²) in [5.41, 5.74) is 1.30. The summed E-state index contributed by atoms with van der Waals surface area (Å²) in [6.45, 7) is 1.88. The highest BCUT2D eigenvalue weighted by atomic mass is 32.2. The second-order valence-electron chi connectivity index (χ2n) is 7.48. The van der Waals surface area contributed by atoms with E-state index in [-0.39, 0.29) is 16.1 Å². The Bertz CT molecular complexity index is 1510. The summed E-state index contributed by atoms with van der Waals surface area (Å²) in [5, 5.41) is 15.9. The molecule has 0 bridgehead atoms. The van der Waals surface area contributed by atoms with Crippen molar-refractivity contribution in [2.75, 3.05) is 10.6 Å². The van der Waals surface area contributed by atoms with Gasteiger partial charge in [-0.25, -0.2) is 9.59 Å². The van der Waals surface area contributed by atoms with Crippen molar-refractivity contribution in [3.8, 4) is 5.75 Å². The number of benzene rings is 4. The van der Waals surface area contributed by atoms with Crippen molar-refractivity contribution < 1.29 is 27.3 Å². The van der Waals surface area contributed by atoms with Gasteiger partial charge in [0, 0.05) is 22.8 Å². The van der Waals surface area contributed by atoms with E-state index in [1.54, 1.807) is 54.6 Å². The highest BCUT2D eigenvalue weighted by molar-refractivity contribution is 7.87. The van der Waals surface area contributed by atoms with Gasteiger partial charge in [-0.15, -0.1) is 0 Å². The molecule has 0 spiro atoms. The van der Waals surface area contributed by atoms with Gasteiger partial charge in [-0.2, -0.15) is 8.42 Å². The Morgan fingerprint density at radius 3 is 2.24 bits per heavy atom. The lowest BCUT2D eigenvalue weighted by Crippen LogP contribution is -2.20. The van der Waals surface area contributed by atoms with Crippen LogP contribution in [0.25, 0.3) is 10.8 Å². The normalized spacial score (nSPS) is 11.1. The summed E-state index contributed by atoms with van der Waals surface area (Å²) >= 11 is 0. The van der Waals surface area contributed by atoms with Gasteiger partial charge >= 0.3 is 22.1 Å². The lowest BCUT2D eigenvalue weighted by Gasteiger charge is -2.13. The van der Waals surface area contributed by atoms with Gasteiger partial charge in [0.15, 0.2) is 5.75 Å². The number of hydrogen-bond acceptors (Lipinski definition) is 5. The molecule has 0 saturated carbocycles. The summed E-state index contributed by atoms with van der Waals surface area (Å²) in [7, 11) is -4.39. The number of carboxylic acids is 1. The molecule has 0 heterocycles. The van der Waals surface area contributed by atoms with Gasteiger partial charge in [0.1, 0.15) is 10.5 Å². The molecule has 172 valence electrons. The highest BCUT2D eigenvalue weighted by Gasteiger charge is 2.23. The van der Waals surface area contributed by atoms with E-state index in [2.05, 4.69) is 10.6 Å². The van der Waals surface area contributed by atoms with Crippen LogP contribution in [0, 0.1) is 6.92 Å². The van der Waals surface area contributed by atoms with Crippen LogP contribution in [-0.4, -0.2) is 25.5 Å². The molecule has 0 aliphatic carbocycles. The van der Waals surface area contributed by atoms with Crippen LogP contribution < -0.4 is 14.8 Å². The standard InChI is InChI=1S/C25H20N2O6S/c1-16-6-4-9-18(14-16)26-25(30)27-19-12-13-21(24(28)29)22(15-19)33-34(31,32)23-11-5-8-17-7-2-3-10-20(17)23/h2-15H,1H3,(H,28,29)(H2,26,27,30). The number of carboxylic acid groups (broad SMARTS) is 1. The Balaban J connectivity index is 1.63. The van der Waals surface area contributed by atoms with E-state index < -0.39 is 27.9 Å². The van der Waals surface area contributed by atoms with Crippen LogP contribution in [0.15, 0.2) is 89.8 Å². The zero-order chi connectivity index (χ0) is 24.3. The van der Waals surface area contributed by atoms with Gasteiger partial charge in [-0.05, 0) is 48.2 Å². The first-order valence-corrected chi connectivity index (χ1v) is 11.6. The molecule has 8 nitrogen and oxygen atoms in total. The molecule has 0 atom stereocenters. The number of urea groups is 1. The van der Waals surface area contributed by atoms with Crippen molar-refractivity contribution in [3.05, 3.63) is 96.1 Å². The molecule has 0 aliphatic rings. The van der Waals surface area contributed by atoms with E-state index in [4.69, 9.17) is 4.18 Å². The SMILES string of the molecule is Cc1cccc(NC(=O)Nc2ccc(C(=O)O)c(OS(=O)(=O)c3cccc4ccccc34)c2)c1. The minimum atomic E-state index is -4.39. The van der Waals surface area contributed by atoms with Gasteiger partial charge in [0.05, 0.1) is 0 Å². The quantitative estimate of drug-likeness (QED) is 0.327. The number of nitrogens with one attached hydrogen (secondary N) is 2. The number of aromatic carboxylic acids is 1. The maximum atomic E-state index is 13.1. The number of amides is 2. The first-order chi connectivity index (χ1) is 16.2. The Hall–Kier alpha value is -4.37. The summed E-state index contributed by atoms with van der Waals surface area (Å²) in [5.74, 6) is -1.80. The van der Waals surface area contributed by atoms with Crippen LogP contribution in [-0.2, 0) is 10.1 Å². The molecular weight excluding hydrogens is 456 g/mol. The molecule has 0 unspecified atom stereocenters. The number of carbonyl (C=O) groups is 2. The number of fused-ring (bicyclic) bond motifs is 1. The van der Waals surface area contributed by atoms with Crippen molar-refractivity contribution in [2.45, 2.75) is 11.8 Å². The second kappa shape index (κ2) is 9.24. The zero-order valence-electron chi connectivity index (χ0n) is 18.0. The van der Waals surface area contributed by atoms with Crippen LogP contribution in [0.1, 0.15) is 15.9 Å². The predicted octanol–water partition coefficient (Wildman–Crippen LogP) is 5.26. The number of carbonyl (C=O) groups excluding carboxylic acids is 1. The largest absolute Gasteiger partial charge is 0.478 e. The topological polar surface area (TPSA) is 122 Å². The molecule has 4 aromatic rings. The fraction of sp³-hybridized carbons (Fsp3) is 0.0400. The first kappa shape index (κ1) is 22.8. The lowest BCUT2D eigenvalue weighted by molar-refractivity contribution is 0.0695. The van der Waals surface area contributed by atoms with E-state index >= 15 is 0 Å². The maximum absolute atomic E-state index is 13.1. The first-order valence-electron chi connectivity index (χ1n) is 10.2. The molecule has 0 fully saturated rings. The molecule has 34 heavy (non-hydrogen) atoms. The third kappa shape index (κ3) is 5.00. The zero-order valence-corrected chi connectivity index (χ0v) is 18.8. The van der Waals surface area contributed by atoms with Crippen molar-refractivity contribution in [2.24, 2.45) is 0 Å². The Labute approximate surface area is 195 Å². The predicted molar refractivity (Wildman–Crippen MR) is 129 cm³/mol. The smallest absolute Gasteiger partial charge is 0.339 e. The van der Waals surface area contributed by atoms with E-state index in [0.717, 1.165) is 11.6 Å². The highest BCUT2D eigenvalue weighted by Crippen LogP contribution is 2.30. The van der Waals surface area contributed by atoms with Crippen LogP contribution in [0.4, 0.5) is 16.2 Å². The number of anilines is 2. The van der Waals surface area contributed by atoms with E-state index in [0.29, 0.717) is 16.5 Å². The molecule has 9 heteroatoms. The van der Waals surface area contributed by atoms with Gasteiger partial charge < -0.3 is 19.9 Å². The molecular formula is C25H20N2O6S. The van der Waals surface area contributed by atoms with Crippen molar-refractivity contribution in [1.82, 2.24) is 0 Å². The third-order valence-corrected chi connectivity index (χ3v) is 6.26. The molecule has 4 rings (SSSR count). The molecule has 0 saturated heterocycles. The summed E-state index contributed by atoms with van der Waals surface area (Å²) in [4.78, 5) is 24.0. The summed E-state index contributed by atoms with van der Waals surface area (Å²) in [6.07, 6.45) is 0. The van der Waals surface area contributed by atoms with Crippen molar-refractivity contribution >= 4 is 44.3 Å². The third-order valence-electron chi connectivity index (χ3n) is 4.96. The Morgan fingerprint density at radius 1 is 0.824 bits per heavy atom. The van der Waals surface area contributed by atoms with E-state index in [9.17, 15) is 23.1 Å². The molecule has 4 aromatic carbocycles. The second-order valence-corrected chi connectivity index (χ2v) is 8.99.